The summed E-state index contributed by atoms with van der Waals surface area (Å²) in [6.45, 7) is 7.61. The molecular weight excluding hydrogens is 438 g/mol. The molecule has 1 unspecified atom stereocenters. The first-order chi connectivity index (χ1) is 15.5. The maximum absolute atomic E-state index is 13.3. The third kappa shape index (κ3) is 5.17. The second-order valence-corrected chi connectivity index (χ2v) is 11.0. The summed E-state index contributed by atoms with van der Waals surface area (Å²) in [5.74, 6) is 0.411. The molecule has 33 heavy (non-hydrogen) atoms. The van der Waals surface area contributed by atoms with Gasteiger partial charge in [0, 0.05) is 26.1 Å². The molecule has 0 radical (unpaired) electrons. The number of benzene rings is 2. The van der Waals surface area contributed by atoms with Gasteiger partial charge < -0.3 is 10.1 Å². The Morgan fingerprint density at radius 3 is 2.42 bits per heavy atom. The zero-order valence-corrected chi connectivity index (χ0v) is 21.2. The van der Waals surface area contributed by atoms with Crippen LogP contribution in [0.25, 0.3) is 0 Å². The molecule has 2 aromatic carbocycles. The summed E-state index contributed by atoms with van der Waals surface area (Å²) in [6, 6.07) is 13.0. The van der Waals surface area contributed by atoms with Gasteiger partial charge in [-0.15, -0.1) is 0 Å². The highest BCUT2D eigenvalue weighted by Crippen LogP contribution is 2.42. The molecule has 1 amide bonds. The Hall–Kier alpha value is -2.58. The lowest BCUT2D eigenvalue weighted by Gasteiger charge is -2.42. The summed E-state index contributed by atoms with van der Waals surface area (Å²) in [7, 11) is -0.940. The molecule has 1 N–H and O–H groups in total. The lowest BCUT2D eigenvalue weighted by atomic mass is 9.83. The Morgan fingerprint density at radius 1 is 1.12 bits per heavy atom. The summed E-state index contributed by atoms with van der Waals surface area (Å²) >= 11 is 0. The molecule has 0 aliphatic carbocycles. The van der Waals surface area contributed by atoms with Gasteiger partial charge in [0.25, 0.3) is 0 Å². The minimum atomic E-state index is -3.88. The number of aryl methyl sites for hydroxylation is 2. The molecule has 180 valence electrons. The molecule has 0 spiro atoms. The van der Waals surface area contributed by atoms with Gasteiger partial charge in [0.15, 0.2) is 0 Å². The van der Waals surface area contributed by atoms with Crippen LogP contribution >= 0.6 is 0 Å². The number of nitrogens with one attached hydrogen (secondary N) is 1. The van der Waals surface area contributed by atoms with Crippen LogP contribution in [0.5, 0.6) is 5.75 Å². The number of carbonyl (C=O) groups is 1. The summed E-state index contributed by atoms with van der Waals surface area (Å²) in [5.41, 5.74) is 2.75. The van der Waals surface area contributed by atoms with Crippen molar-refractivity contribution in [1.29, 1.82) is 0 Å². The highest BCUT2D eigenvalue weighted by atomic mass is 32.2. The van der Waals surface area contributed by atoms with Gasteiger partial charge in [-0.05, 0) is 49.9 Å². The molecule has 2 aromatic rings. The fraction of sp³-hybridized carbons (Fsp3) is 0.480. The maximum atomic E-state index is 13.3. The number of nitrogens with zero attached hydrogens (tertiary/aromatic N) is 2. The number of anilines is 1. The van der Waals surface area contributed by atoms with E-state index in [1.807, 2.05) is 50.2 Å². The van der Waals surface area contributed by atoms with Crippen molar-refractivity contribution in [1.82, 2.24) is 9.62 Å². The molecule has 1 aliphatic heterocycles. The van der Waals surface area contributed by atoms with Crippen molar-refractivity contribution < 1.29 is 17.9 Å². The molecule has 0 saturated carbocycles. The molecule has 8 heteroatoms. The summed E-state index contributed by atoms with van der Waals surface area (Å²) < 4.78 is 35.0. The normalized spacial score (nSPS) is 17.2. The number of rotatable bonds is 8. The fourth-order valence-electron chi connectivity index (χ4n) is 4.28. The van der Waals surface area contributed by atoms with E-state index in [-0.39, 0.29) is 24.1 Å². The third-order valence-electron chi connectivity index (χ3n) is 6.48. The zero-order valence-electron chi connectivity index (χ0n) is 20.4. The molecular formula is C25H35N3O4S. The van der Waals surface area contributed by atoms with E-state index in [2.05, 4.69) is 19.2 Å². The smallest absolute Gasteiger partial charge is 0.304 e. The van der Waals surface area contributed by atoms with Crippen LogP contribution in [0.15, 0.2) is 42.5 Å². The predicted molar refractivity (Wildman–Crippen MR) is 132 cm³/mol. The highest BCUT2D eigenvalue weighted by molar-refractivity contribution is 7.90. The van der Waals surface area contributed by atoms with Gasteiger partial charge >= 0.3 is 10.2 Å². The minimum absolute atomic E-state index is 0.259. The topological polar surface area (TPSA) is 79.0 Å². The number of carbonyl (C=O) groups excluding carboxylic acids is 1. The Morgan fingerprint density at radius 2 is 1.79 bits per heavy atom. The molecule has 0 aromatic heterocycles. The first-order valence-electron chi connectivity index (χ1n) is 11.4. The molecule has 1 aliphatic rings. The molecule has 0 fully saturated rings. The Bertz CT molecular complexity index is 1110. The van der Waals surface area contributed by atoms with Crippen molar-refractivity contribution >= 4 is 21.8 Å². The van der Waals surface area contributed by atoms with E-state index in [1.165, 1.54) is 18.4 Å². The number of para-hydroxylation sites is 1. The first-order valence-corrected chi connectivity index (χ1v) is 12.8. The van der Waals surface area contributed by atoms with Crippen molar-refractivity contribution in [3.8, 4) is 5.75 Å². The Labute approximate surface area is 197 Å². The van der Waals surface area contributed by atoms with E-state index < -0.39 is 10.2 Å². The van der Waals surface area contributed by atoms with Crippen LogP contribution in [0.2, 0.25) is 0 Å². The van der Waals surface area contributed by atoms with Gasteiger partial charge in [-0.1, -0.05) is 44.2 Å². The second kappa shape index (κ2) is 9.73. The number of amides is 1. The largest absolute Gasteiger partial charge is 0.487 e. The number of hydrogen-bond donors (Lipinski definition) is 1. The quantitative estimate of drug-likeness (QED) is 0.626. The SMILES string of the molecule is CCC1(CC)CC(NC(=O)CN(c2cc(C)ccc2C)S(=O)(=O)N(C)C)c2ccccc2O1. The third-order valence-corrected chi connectivity index (χ3v) is 8.29. The lowest BCUT2D eigenvalue weighted by Crippen LogP contribution is -2.49. The monoisotopic (exact) mass is 473 g/mol. The molecule has 1 heterocycles. The van der Waals surface area contributed by atoms with Crippen LogP contribution in [-0.2, 0) is 15.0 Å². The van der Waals surface area contributed by atoms with E-state index in [4.69, 9.17) is 4.74 Å². The fourth-order valence-corrected chi connectivity index (χ4v) is 5.40. The van der Waals surface area contributed by atoms with Crippen LogP contribution < -0.4 is 14.4 Å². The molecule has 0 bridgehead atoms. The average molecular weight is 474 g/mol. The van der Waals surface area contributed by atoms with E-state index >= 15 is 0 Å². The van der Waals surface area contributed by atoms with Crippen molar-refractivity contribution in [2.75, 3.05) is 24.9 Å². The standard InChI is InChI=1S/C25H35N3O4S/c1-7-25(8-2)16-21(20-11-9-10-12-23(20)32-25)26-24(29)17-28(33(30,31)27(5)6)22-15-18(3)13-14-19(22)4/h9-15,21H,7-8,16-17H2,1-6H3,(H,26,29). The minimum Gasteiger partial charge on any atom is -0.487 e. The van der Waals surface area contributed by atoms with E-state index in [1.54, 1.807) is 6.07 Å². The van der Waals surface area contributed by atoms with E-state index in [0.717, 1.165) is 39.6 Å². The molecule has 1 atom stereocenters. The lowest BCUT2D eigenvalue weighted by molar-refractivity contribution is -0.121. The average Bonchev–Trinajstić information content (AvgIpc) is 2.78. The summed E-state index contributed by atoms with van der Waals surface area (Å²) in [4.78, 5) is 13.3. The van der Waals surface area contributed by atoms with Gasteiger partial charge in [0.1, 0.15) is 17.9 Å². The van der Waals surface area contributed by atoms with Crippen LogP contribution in [0.3, 0.4) is 0 Å². The number of hydrogen-bond acceptors (Lipinski definition) is 4. The summed E-state index contributed by atoms with van der Waals surface area (Å²) in [5, 5.41) is 3.10. The van der Waals surface area contributed by atoms with Crippen LogP contribution in [0.1, 0.15) is 55.8 Å². The van der Waals surface area contributed by atoms with Gasteiger partial charge in [-0.3, -0.25) is 4.79 Å². The number of fused-ring (bicyclic) bond motifs is 1. The van der Waals surface area contributed by atoms with Crippen molar-refractivity contribution in [3.05, 3.63) is 59.2 Å². The van der Waals surface area contributed by atoms with Crippen molar-refractivity contribution in [2.24, 2.45) is 0 Å². The zero-order chi connectivity index (χ0) is 24.4. The Balaban J connectivity index is 1.93. The molecule has 0 saturated heterocycles. The van der Waals surface area contributed by atoms with Crippen LogP contribution in [0, 0.1) is 13.8 Å². The van der Waals surface area contributed by atoms with Gasteiger partial charge in [-0.2, -0.15) is 12.7 Å². The molecule has 7 nitrogen and oxygen atoms in total. The van der Waals surface area contributed by atoms with E-state index in [9.17, 15) is 13.2 Å². The van der Waals surface area contributed by atoms with Crippen LogP contribution in [-0.4, -0.2) is 44.9 Å². The van der Waals surface area contributed by atoms with Crippen LogP contribution in [0.4, 0.5) is 5.69 Å². The maximum Gasteiger partial charge on any atom is 0.304 e. The molecule has 3 rings (SSSR count). The van der Waals surface area contributed by atoms with Gasteiger partial charge in [-0.25, -0.2) is 4.31 Å². The second-order valence-electron chi connectivity index (χ2n) is 8.94. The predicted octanol–water partition coefficient (Wildman–Crippen LogP) is 4.12. The van der Waals surface area contributed by atoms with E-state index in [0.29, 0.717) is 12.1 Å². The summed E-state index contributed by atoms with van der Waals surface area (Å²) in [6.07, 6.45) is 2.26. The number of ether oxygens (including phenoxy) is 1. The first kappa shape index (κ1) is 25.1. The Kier molecular flexibility index (Phi) is 7.39. The highest BCUT2D eigenvalue weighted by Gasteiger charge is 2.39. The van der Waals surface area contributed by atoms with Gasteiger partial charge in [0.2, 0.25) is 5.91 Å². The van der Waals surface area contributed by atoms with Crippen molar-refractivity contribution in [2.45, 2.75) is 58.6 Å². The van der Waals surface area contributed by atoms with Gasteiger partial charge in [0.05, 0.1) is 11.7 Å². The van der Waals surface area contributed by atoms with Crippen molar-refractivity contribution in [3.63, 3.8) is 0 Å².